The largest absolute Gasteiger partial charge is 0.470 e. The molecule has 1 aliphatic rings. The number of carbonyl (C=O) groups is 1. The Balaban J connectivity index is 1.42. The van der Waals surface area contributed by atoms with Gasteiger partial charge in [-0.25, -0.2) is 13.5 Å². The maximum Gasteiger partial charge on any atom is 0.263 e. The summed E-state index contributed by atoms with van der Waals surface area (Å²) < 4.78 is 32.9. The number of rotatable bonds is 8. The fourth-order valence-electron chi connectivity index (χ4n) is 3.42. The molecule has 1 amide bonds. The molecule has 4 rings (SSSR count). The predicted octanol–water partition coefficient (Wildman–Crippen LogP) is 2.60. The van der Waals surface area contributed by atoms with Gasteiger partial charge in [0.15, 0.2) is 5.82 Å². The van der Waals surface area contributed by atoms with Gasteiger partial charge >= 0.3 is 0 Å². The SMILES string of the molecule is CCNC(=O)[C@H]1CCN1c1ccc(OCc2c(C)nnn2-c2ccc(C(F)F)cc2)nn1. The van der Waals surface area contributed by atoms with E-state index in [0.29, 0.717) is 35.3 Å². The maximum atomic E-state index is 12.8. The van der Waals surface area contributed by atoms with Crippen LogP contribution in [0.1, 0.15) is 36.7 Å². The Morgan fingerprint density at radius 2 is 1.97 bits per heavy atom. The summed E-state index contributed by atoms with van der Waals surface area (Å²) in [7, 11) is 0. The topological polar surface area (TPSA) is 98.1 Å². The van der Waals surface area contributed by atoms with Gasteiger partial charge in [0.05, 0.1) is 11.4 Å². The van der Waals surface area contributed by atoms with Crippen LogP contribution in [-0.2, 0) is 11.4 Å². The highest BCUT2D eigenvalue weighted by molar-refractivity contribution is 5.86. The summed E-state index contributed by atoms with van der Waals surface area (Å²) in [5, 5.41) is 19.3. The van der Waals surface area contributed by atoms with Crippen molar-refractivity contribution in [3.63, 3.8) is 0 Å². The van der Waals surface area contributed by atoms with Crippen LogP contribution in [0.3, 0.4) is 0 Å². The molecular weight excluding hydrogens is 420 g/mol. The molecule has 0 radical (unpaired) electrons. The Bertz CT molecular complexity index is 1070. The number of hydrogen-bond acceptors (Lipinski definition) is 7. The van der Waals surface area contributed by atoms with E-state index in [4.69, 9.17) is 4.74 Å². The Morgan fingerprint density at radius 1 is 1.19 bits per heavy atom. The maximum absolute atomic E-state index is 12.8. The lowest BCUT2D eigenvalue weighted by molar-refractivity contribution is -0.123. The summed E-state index contributed by atoms with van der Waals surface area (Å²) in [6.07, 6.45) is -1.75. The molecule has 0 unspecified atom stereocenters. The van der Waals surface area contributed by atoms with Gasteiger partial charge in [0, 0.05) is 24.7 Å². The molecule has 0 bridgehead atoms. The second kappa shape index (κ2) is 9.25. The van der Waals surface area contributed by atoms with Gasteiger partial charge in [-0.1, -0.05) is 17.3 Å². The van der Waals surface area contributed by atoms with Gasteiger partial charge in [0.25, 0.3) is 6.43 Å². The van der Waals surface area contributed by atoms with Crippen molar-refractivity contribution in [3.8, 4) is 11.6 Å². The number of benzene rings is 1. The summed E-state index contributed by atoms with van der Waals surface area (Å²) in [6, 6.07) is 9.06. The lowest BCUT2D eigenvalue weighted by Gasteiger charge is -2.40. The second-order valence-electron chi connectivity index (χ2n) is 7.34. The second-order valence-corrected chi connectivity index (χ2v) is 7.34. The number of nitrogens with one attached hydrogen (secondary N) is 1. The van der Waals surface area contributed by atoms with Crippen LogP contribution in [0, 0.1) is 6.92 Å². The van der Waals surface area contributed by atoms with E-state index in [1.807, 2.05) is 11.8 Å². The minimum atomic E-state index is -2.53. The van der Waals surface area contributed by atoms with Gasteiger partial charge in [-0.3, -0.25) is 4.79 Å². The Kier molecular flexibility index (Phi) is 6.24. The zero-order valence-corrected chi connectivity index (χ0v) is 17.7. The van der Waals surface area contributed by atoms with E-state index in [2.05, 4.69) is 25.8 Å². The summed E-state index contributed by atoms with van der Waals surface area (Å²) in [5.74, 6) is 0.907. The van der Waals surface area contributed by atoms with Crippen molar-refractivity contribution in [1.82, 2.24) is 30.5 Å². The van der Waals surface area contributed by atoms with Crippen molar-refractivity contribution in [2.45, 2.75) is 39.3 Å². The number of carbonyl (C=O) groups excluding carboxylic acids is 1. The standard InChI is InChI=1S/C21H23F2N7O2/c1-3-24-21(31)16-10-11-29(16)18-8-9-19(27-26-18)32-12-17-13(2)25-28-30(17)15-6-4-14(5-7-15)20(22)23/h4-9,16,20H,3,10-12H2,1-2H3,(H,24,31)/t16-/m1/s1. The Hall–Kier alpha value is -3.63. The molecular formula is C21H23F2N7O2. The third kappa shape index (κ3) is 4.36. The highest BCUT2D eigenvalue weighted by Crippen LogP contribution is 2.25. The van der Waals surface area contributed by atoms with E-state index in [-0.39, 0.29) is 24.1 Å². The van der Waals surface area contributed by atoms with E-state index >= 15 is 0 Å². The first-order valence-electron chi connectivity index (χ1n) is 10.3. The molecule has 0 saturated carbocycles. The van der Waals surface area contributed by atoms with Gasteiger partial charge in [0.1, 0.15) is 18.3 Å². The highest BCUT2D eigenvalue weighted by Gasteiger charge is 2.34. The smallest absolute Gasteiger partial charge is 0.263 e. The fourth-order valence-corrected chi connectivity index (χ4v) is 3.42. The van der Waals surface area contributed by atoms with E-state index in [0.717, 1.165) is 13.0 Å². The van der Waals surface area contributed by atoms with Crippen LogP contribution in [0.15, 0.2) is 36.4 Å². The number of likely N-dealkylation sites (N-methyl/N-ethyl adjacent to an activating group) is 1. The molecule has 9 nitrogen and oxygen atoms in total. The van der Waals surface area contributed by atoms with Crippen molar-refractivity contribution in [1.29, 1.82) is 0 Å². The third-order valence-corrected chi connectivity index (χ3v) is 5.30. The normalized spacial score (nSPS) is 15.5. The molecule has 1 aliphatic heterocycles. The van der Waals surface area contributed by atoms with Gasteiger partial charge in [-0.15, -0.1) is 15.3 Å². The molecule has 1 aromatic carbocycles. The van der Waals surface area contributed by atoms with Crippen LogP contribution in [0.2, 0.25) is 0 Å². The highest BCUT2D eigenvalue weighted by atomic mass is 19.3. The molecule has 0 aliphatic carbocycles. The predicted molar refractivity (Wildman–Crippen MR) is 112 cm³/mol. The summed E-state index contributed by atoms with van der Waals surface area (Å²) >= 11 is 0. The van der Waals surface area contributed by atoms with Crippen LogP contribution < -0.4 is 15.0 Å². The molecule has 2 aromatic heterocycles. The van der Waals surface area contributed by atoms with Crippen LogP contribution in [0.5, 0.6) is 5.88 Å². The van der Waals surface area contributed by atoms with Crippen LogP contribution in [0.4, 0.5) is 14.6 Å². The number of aryl methyl sites for hydroxylation is 1. The van der Waals surface area contributed by atoms with Crippen LogP contribution in [-0.4, -0.2) is 50.2 Å². The number of ether oxygens (including phenoxy) is 1. The molecule has 3 heterocycles. The number of anilines is 1. The molecule has 1 saturated heterocycles. The van der Waals surface area contributed by atoms with E-state index in [9.17, 15) is 13.6 Å². The molecule has 0 spiro atoms. The first kappa shape index (κ1) is 21.6. The zero-order chi connectivity index (χ0) is 22.7. The van der Waals surface area contributed by atoms with Crippen molar-refractivity contribution in [2.24, 2.45) is 0 Å². The van der Waals surface area contributed by atoms with Gasteiger partial charge in [-0.2, -0.15) is 0 Å². The third-order valence-electron chi connectivity index (χ3n) is 5.30. The minimum absolute atomic E-state index is 0.0151. The quantitative estimate of drug-likeness (QED) is 0.571. The number of aromatic nitrogens is 5. The molecule has 1 atom stereocenters. The van der Waals surface area contributed by atoms with Crippen molar-refractivity contribution < 1.29 is 18.3 Å². The fraction of sp³-hybridized carbons (Fsp3) is 0.381. The van der Waals surface area contributed by atoms with Crippen LogP contribution >= 0.6 is 0 Å². The summed E-state index contributed by atoms with van der Waals surface area (Å²) in [5.41, 5.74) is 1.86. The monoisotopic (exact) mass is 443 g/mol. The molecule has 3 aromatic rings. The lowest BCUT2D eigenvalue weighted by atomic mass is 10.0. The van der Waals surface area contributed by atoms with Crippen LogP contribution in [0.25, 0.3) is 5.69 Å². The van der Waals surface area contributed by atoms with Crippen molar-refractivity contribution in [2.75, 3.05) is 18.0 Å². The van der Waals surface area contributed by atoms with E-state index in [1.54, 1.807) is 35.9 Å². The van der Waals surface area contributed by atoms with Crippen molar-refractivity contribution in [3.05, 3.63) is 53.3 Å². The lowest BCUT2D eigenvalue weighted by Crippen LogP contribution is -2.56. The summed E-state index contributed by atoms with van der Waals surface area (Å²) in [4.78, 5) is 14.0. The molecule has 32 heavy (non-hydrogen) atoms. The van der Waals surface area contributed by atoms with E-state index < -0.39 is 6.43 Å². The first-order valence-corrected chi connectivity index (χ1v) is 10.3. The van der Waals surface area contributed by atoms with Crippen molar-refractivity contribution >= 4 is 11.7 Å². The minimum Gasteiger partial charge on any atom is -0.470 e. The molecule has 1 N–H and O–H groups in total. The molecule has 11 heteroatoms. The van der Waals surface area contributed by atoms with Gasteiger partial charge in [-0.05, 0) is 38.5 Å². The zero-order valence-electron chi connectivity index (χ0n) is 17.7. The number of hydrogen-bond donors (Lipinski definition) is 1. The Labute approximate surface area is 183 Å². The average Bonchev–Trinajstić information content (AvgIpc) is 3.13. The summed E-state index contributed by atoms with van der Waals surface area (Å²) in [6.45, 7) is 5.12. The number of nitrogens with zero attached hydrogens (tertiary/aromatic N) is 6. The Morgan fingerprint density at radius 3 is 2.56 bits per heavy atom. The van der Waals surface area contributed by atoms with Gasteiger partial charge in [0.2, 0.25) is 11.8 Å². The number of halogens is 2. The number of amides is 1. The number of alkyl halides is 2. The average molecular weight is 443 g/mol. The first-order chi connectivity index (χ1) is 15.5. The molecule has 1 fully saturated rings. The molecule has 168 valence electrons. The van der Waals surface area contributed by atoms with Gasteiger partial charge < -0.3 is 15.0 Å². The van der Waals surface area contributed by atoms with E-state index in [1.165, 1.54) is 12.1 Å².